The summed E-state index contributed by atoms with van der Waals surface area (Å²) in [6, 6.07) is 9.85. The minimum atomic E-state index is -0.476. The normalized spacial score (nSPS) is 14.4. The zero-order valence-corrected chi connectivity index (χ0v) is 18.0. The molecule has 9 nitrogen and oxygen atoms in total. The van der Waals surface area contributed by atoms with Crippen molar-refractivity contribution in [2.24, 2.45) is 0 Å². The van der Waals surface area contributed by atoms with E-state index >= 15 is 0 Å². The summed E-state index contributed by atoms with van der Waals surface area (Å²) in [7, 11) is 0. The molecule has 9 heteroatoms. The van der Waals surface area contributed by atoms with E-state index in [2.05, 4.69) is 25.9 Å². The highest BCUT2D eigenvalue weighted by atomic mass is 16.6. The zero-order chi connectivity index (χ0) is 21.8. The Labute approximate surface area is 181 Å². The Morgan fingerprint density at radius 1 is 1.13 bits per heavy atom. The number of rotatable bonds is 4. The molecule has 0 saturated carbocycles. The molecule has 0 unspecified atom stereocenters. The molecule has 1 amide bonds. The lowest BCUT2D eigenvalue weighted by Crippen LogP contribution is -2.40. The maximum Gasteiger partial charge on any atom is 0.410 e. The van der Waals surface area contributed by atoms with Gasteiger partial charge in [-0.15, -0.1) is 0 Å². The molecule has 0 spiro atoms. The summed E-state index contributed by atoms with van der Waals surface area (Å²) in [4.78, 5) is 22.6. The van der Waals surface area contributed by atoms with Gasteiger partial charge in [-0.1, -0.05) is 18.2 Å². The molecule has 4 rings (SSSR count). The van der Waals surface area contributed by atoms with Crippen LogP contribution in [0, 0.1) is 0 Å². The Hall–Kier alpha value is -3.62. The van der Waals surface area contributed by atoms with Gasteiger partial charge in [0.05, 0.1) is 17.3 Å². The van der Waals surface area contributed by atoms with Gasteiger partial charge in [-0.3, -0.25) is 5.43 Å². The van der Waals surface area contributed by atoms with Crippen molar-refractivity contribution >= 4 is 22.9 Å². The van der Waals surface area contributed by atoms with E-state index < -0.39 is 5.60 Å². The first kappa shape index (κ1) is 20.6. The van der Waals surface area contributed by atoms with Crippen molar-refractivity contribution in [2.45, 2.75) is 39.2 Å². The molecule has 0 bridgehead atoms. The summed E-state index contributed by atoms with van der Waals surface area (Å²) in [5, 5.41) is 5.27. The average Bonchev–Trinajstić information content (AvgIpc) is 3.19. The highest BCUT2D eigenvalue weighted by Gasteiger charge is 2.24. The molecule has 31 heavy (non-hydrogen) atoms. The van der Waals surface area contributed by atoms with Crippen molar-refractivity contribution < 1.29 is 9.53 Å². The number of piperidine rings is 1. The fourth-order valence-electron chi connectivity index (χ4n) is 3.36. The fraction of sp³-hybridized carbons (Fsp3) is 0.364. The Kier molecular flexibility index (Phi) is 5.75. The lowest BCUT2D eigenvalue weighted by atomic mass is 10.1. The summed E-state index contributed by atoms with van der Waals surface area (Å²) < 4.78 is 7.23. The van der Waals surface area contributed by atoms with Gasteiger partial charge in [-0.2, -0.15) is 5.10 Å². The maximum absolute atomic E-state index is 12.2. The number of anilines is 1. The maximum atomic E-state index is 12.2. The minimum Gasteiger partial charge on any atom is -0.444 e. The number of hydrogen-bond acceptors (Lipinski definition) is 7. The third-order valence-electron chi connectivity index (χ3n) is 4.89. The van der Waals surface area contributed by atoms with Gasteiger partial charge in [0.2, 0.25) is 0 Å². The summed E-state index contributed by atoms with van der Waals surface area (Å²) in [6.45, 7) is 6.92. The van der Waals surface area contributed by atoms with Crippen LogP contribution >= 0.6 is 0 Å². The van der Waals surface area contributed by atoms with Gasteiger partial charge >= 0.3 is 6.09 Å². The van der Waals surface area contributed by atoms with Crippen molar-refractivity contribution in [2.75, 3.05) is 18.5 Å². The molecule has 1 saturated heterocycles. The fourth-order valence-corrected chi connectivity index (χ4v) is 3.36. The first-order valence-electron chi connectivity index (χ1n) is 10.3. The number of carbonyl (C=O) groups is 1. The van der Waals surface area contributed by atoms with Crippen molar-refractivity contribution in [3.63, 3.8) is 0 Å². The predicted octanol–water partition coefficient (Wildman–Crippen LogP) is 3.65. The van der Waals surface area contributed by atoms with Gasteiger partial charge in [0.1, 0.15) is 11.9 Å². The number of benzene rings is 1. The second-order valence-corrected chi connectivity index (χ2v) is 8.39. The van der Waals surface area contributed by atoms with E-state index in [1.807, 2.05) is 57.3 Å². The van der Waals surface area contributed by atoms with Crippen LogP contribution in [0.5, 0.6) is 0 Å². The molecular formula is C22H27N7O2. The van der Waals surface area contributed by atoms with E-state index in [-0.39, 0.29) is 6.09 Å². The second-order valence-electron chi connectivity index (χ2n) is 8.39. The first-order chi connectivity index (χ1) is 14.9. The van der Waals surface area contributed by atoms with E-state index in [9.17, 15) is 4.79 Å². The van der Waals surface area contributed by atoms with Crippen LogP contribution < -0.4 is 10.9 Å². The van der Waals surface area contributed by atoms with Crippen LogP contribution in [-0.4, -0.2) is 49.4 Å². The molecule has 3 heterocycles. The van der Waals surface area contributed by atoms with Crippen LogP contribution in [0.3, 0.4) is 0 Å². The molecule has 1 aromatic carbocycles. The topological polar surface area (TPSA) is 97.2 Å². The Morgan fingerprint density at radius 3 is 2.58 bits per heavy atom. The minimum absolute atomic E-state index is 0.253. The Morgan fingerprint density at radius 2 is 1.87 bits per heavy atom. The molecule has 2 aromatic heterocycles. The number of fused-ring (bicyclic) bond motifs is 1. The van der Waals surface area contributed by atoms with Gasteiger partial charge in [0, 0.05) is 19.3 Å². The van der Waals surface area contributed by atoms with Crippen molar-refractivity contribution in [1.29, 1.82) is 0 Å². The lowest BCUT2D eigenvalue weighted by molar-refractivity contribution is 0.0236. The monoisotopic (exact) mass is 421 g/mol. The third-order valence-corrected chi connectivity index (χ3v) is 4.89. The summed E-state index contributed by atoms with van der Waals surface area (Å²) in [5.74, 6) is 0.648. The summed E-state index contributed by atoms with van der Waals surface area (Å²) >= 11 is 0. The number of amides is 1. The summed E-state index contributed by atoms with van der Waals surface area (Å²) in [5.41, 5.74) is 8.66. The SMILES string of the molecule is CC(C)(C)OC(=O)N1CCC(=CNNc2ncnc3c2cnn3-c2ccccc2)CC1. The number of hydrazine groups is 1. The zero-order valence-electron chi connectivity index (χ0n) is 18.0. The van der Waals surface area contributed by atoms with E-state index in [1.165, 1.54) is 11.9 Å². The number of carbonyl (C=O) groups excluding carboxylic acids is 1. The van der Waals surface area contributed by atoms with Crippen LogP contribution in [-0.2, 0) is 4.74 Å². The van der Waals surface area contributed by atoms with Gasteiger partial charge in [-0.05, 0) is 51.3 Å². The highest BCUT2D eigenvalue weighted by molar-refractivity contribution is 5.86. The quantitative estimate of drug-likeness (QED) is 0.621. The first-order valence-corrected chi connectivity index (χ1v) is 10.3. The molecule has 1 aliphatic rings. The molecular weight excluding hydrogens is 394 g/mol. The van der Waals surface area contributed by atoms with Crippen molar-refractivity contribution in [3.05, 3.63) is 54.6 Å². The van der Waals surface area contributed by atoms with Gasteiger partial charge in [0.15, 0.2) is 11.5 Å². The second kappa shape index (κ2) is 8.63. The van der Waals surface area contributed by atoms with Gasteiger partial charge in [0.25, 0.3) is 0 Å². The van der Waals surface area contributed by atoms with Crippen LogP contribution in [0.15, 0.2) is 54.6 Å². The van der Waals surface area contributed by atoms with E-state index in [0.717, 1.165) is 29.6 Å². The number of para-hydroxylation sites is 1. The number of aromatic nitrogens is 4. The van der Waals surface area contributed by atoms with Crippen LogP contribution in [0.4, 0.5) is 10.6 Å². The Bertz CT molecular complexity index is 1080. The van der Waals surface area contributed by atoms with Crippen LogP contribution in [0.1, 0.15) is 33.6 Å². The number of nitrogens with one attached hydrogen (secondary N) is 2. The number of hydrogen-bond donors (Lipinski definition) is 2. The Balaban J connectivity index is 1.37. The van der Waals surface area contributed by atoms with Crippen molar-refractivity contribution in [3.8, 4) is 5.69 Å². The molecule has 0 radical (unpaired) electrons. The summed E-state index contributed by atoms with van der Waals surface area (Å²) in [6.07, 6.45) is 6.52. The smallest absolute Gasteiger partial charge is 0.410 e. The van der Waals surface area contributed by atoms with E-state index in [0.29, 0.717) is 18.9 Å². The lowest BCUT2D eigenvalue weighted by Gasteiger charge is -2.31. The molecule has 1 fully saturated rings. The van der Waals surface area contributed by atoms with Gasteiger partial charge < -0.3 is 15.1 Å². The third kappa shape index (κ3) is 4.93. The molecule has 2 N–H and O–H groups in total. The van der Waals surface area contributed by atoms with E-state index in [1.54, 1.807) is 15.8 Å². The van der Waals surface area contributed by atoms with E-state index in [4.69, 9.17) is 4.74 Å². The molecule has 3 aromatic rings. The van der Waals surface area contributed by atoms with Crippen molar-refractivity contribution in [1.82, 2.24) is 30.1 Å². The number of nitrogens with zero attached hydrogens (tertiary/aromatic N) is 5. The van der Waals surface area contributed by atoms with Crippen LogP contribution in [0.2, 0.25) is 0 Å². The van der Waals surface area contributed by atoms with Gasteiger partial charge in [-0.25, -0.2) is 19.4 Å². The standard InChI is InChI=1S/C22H27N7O2/c1-22(2,3)31-21(30)28-11-9-16(10-12-28)13-25-27-19-18-14-26-29(20(18)24-15-23-19)17-7-5-4-6-8-17/h4-8,13-15,25H,9-12H2,1-3H3,(H,23,24,27). The molecule has 162 valence electrons. The predicted molar refractivity (Wildman–Crippen MR) is 119 cm³/mol. The molecule has 0 aliphatic carbocycles. The molecule has 1 aliphatic heterocycles. The number of likely N-dealkylation sites (tertiary alicyclic amines) is 1. The number of ether oxygens (including phenoxy) is 1. The average molecular weight is 422 g/mol. The van der Waals surface area contributed by atoms with Crippen LogP contribution in [0.25, 0.3) is 16.7 Å². The highest BCUT2D eigenvalue weighted by Crippen LogP contribution is 2.21. The molecule has 0 atom stereocenters. The largest absolute Gasteiger partial charge is 0.444 e.